The number of hydrogen-bond acceptors (Lipinski definition) is 4. The minimum atomic E-state index is -0.746. The lowest BCUT2D eigenvalue weighted by molar-refractivity contribution is -0.150. The first-order chi connectivity index (χ1) is 15.1. The summed E-state index contributed by atoms with van der Waals surface area (Å²) in [6.45, 7) is -0.463. The molecule has 6 heteroatoms. The van der Waals surface area contributed by atoms with E-state index >= 15 is 0 Å². The maximum Gasteiger partial charge on any atom is 0.344 e. The van der Waals surface area contributed by atoms with Crippen molar-refractivity contribution in [3.8, 4) is 5.75 Å². The molecule has 5 nitrogen and oxygen atoms in total. The Kier molecular flexibility index (Phi) is 8.17. The minimum Gasteiger partial charge on any atom is -0.479 e. The number of rotatable bonds is 10. The summed E-state index contributed by atoms with van der Waals surface area (Å²) in [6.07, 6.45) is 0.699. The van der Waals surface area contributed by atoms with Gasteiger partial charge in [0.15, 0.2) is 24.8 Å². The number of carbonyl (C=O) groups is 2. The fraction of sp³-hybridized carbons (Fsp3) is 0.200. The van der Waals surface area contributed by atoms with Crippen molar-refractivity contribution in [2.75, 3.05) is 19.8 Å². The van der Waals surface area contributed by atoms with Gasteiger partial charge in [-0.25, -0.2) is 9.18 Å². The summed E-state index contributed by atoms with van der Waals surface area (Å²) in [6, 6.07) is 25.9. The highest BCUT2D eigenvalue weighted by molar-refractivity contribution is 5.80. The third kappa shape index (κ3) is 6.96. The summed E-state index contributed by atoms with van der Waals surface area (Å²) in [5.74, 6) is -1.63. The topological polar surface area (TPSA) is 64.6 Å². The van der Waals surface area contributed by atoms with Crippen LogP contribution in [0.4, 0.5) is 4.39 Å². The van der Waals surface area contributed by atoms with Crippen LogP contribution in [0.2, 0.25) is 0 Å². The van der Waals surface area contributed by atoms with Crippen LogP contribution in [0.25, 0.3) is 0 Å². The van der Waals surface area contributed by atoms with Crippen molar-refractivity contribution in [3.63, 3.8) is 0 Å². The fourth-order valence-corrected chi connectivity index (χ4v) is 3.19. The van der Waals surface area contributed by atoms with Crippen LogP contribution in [-0.2, 0) is 14.3 Å². The van der Waals surface area contributed by atoms with E-state index in [9.17, 15) is 14.0 Å². The second kappa shape index (κ2) is 11.5. The van der Waals surface area contributed by atoms with Crippen molar-refractivity contribution in [3.05, 3.63) is 102 Å². The van der Waals surface area contributed by atoms with Gasteiger partial charge in [0.25, 0.3) is 5.91 Å². The average Bonchev–Trinajstić information content (AvgIpc) is 2.81. The molecule has 0 aromatic heterocycles. The van der Waals surface area contributed by atoms with Crippen LogP contribution in [0, 0.1) is 5.82 Å². The molecule has 0 aliphatic rings. The van der Waals surface area contributed by atoms with Gasteiger partial charge in [-0.05, 0) is 29.7 Å². The van der Waals surface area contributed by atoms with Crippen LogP contribution in [0.1, 0.15) is 23.5 Å². The maximum atomic E-state index is 13.5. The Balaban J connectivity index is 1.43. The first-order valence-electron chi connectivity index (χ1n) is 10.0. The number of para-hydroxylation sites is 1. The summed E-state index contributed by atoms with van der Waals surface area (Å²) in [4.78, 5) is 23.8. The standard InChI is InChI=1S/C25H24FNO4/c26-22-13-7-8-14-23(22)30-18-25(29)31-17-24(28)27-16-15-21(19-9-3-1-4-10-19)20-11-5-2-6-12-20/h1-14,21H,15-18H2,(H,27,28). The van der Waals surface area contributed by atoms with Crippen molar-refractivity contribution >= 4 is 11.9 Å². The zero-order chi connectivity index (χ0) is 21.9. The lowest BCUT2D eigenvalue weighted by atomic mass is 9.88. The molecule has 1 N–H and O–H groups in total. The quantitative estimate of drug-likeness (QED) is 0.501. The predicted molar refractivity (Wildman–Crippen MR) is 115 cm³/mol. The van der Waals surface area contributed by atoms with Crippen molar-refractivity contribution in [2.24, 2.45) is 0 Å². The van der Waals surface area contributed by atoms with Gasteiger partial charge in [0.05, 0.1) is 0 Å². The highest BCUT2D eigenvalue weighted by atomic mass is 19.1. The third-order valence-electron chi connectivity index (χ3n) is 4.71. The Morgan fingerprint density at radius 1 is 0.806 bits per heavy atom. The molecule has 31 heavy (non-hydrogen) atoms. The number of hydrogen-bond donors (Lipinski definition) is 1. The van der Waals surface area contributed by atoms with E-state index in [4.69, 9.17) is 9.47 Å². The zero-order valence-electron chi connectivity index (χ0n) is 17.0. The van der Waals surface area contributed by atoms with E-state index in [2.05, 4.69) is 29.6 Å². The molecule has 0 heterocycles. The van der Waals surface area contributed by atoms with Gasteiger partial charge in [-0.3, -0.25) is 4.79 Å². The van der Waals surface area contributed by atoms with Crippen molar-refractivity contribution < 1.29 is 23.5 Å². The number of amides is 1. The molecule has 0 saturated carbocycles. The van der Waals surface area contributed by atoms with Crippen molar-refractivity contribution in [1.29, 1.82) is 0 Å². The lowest BCUT2D eigenvalue weighted by Gasteiger charge is -2.18. The molecular formula is C25H24FNO4. The van der Waals surface area contributed by atoms with Crippen LogP contribution in [0.5, 0.6) is 5.75 Å². The summed E-state index contributed by atoms with van der Waals surface area (Å²) in [5.41, 5.74) is 2.33. The van der Waals surface area contributed by atoms with E-state index in [0.29, 0.717) is 13.0 Å². The maximum absolute atomic E-state index is 13.5. The third-order valence-corrected chi connectivity index (χ3v) is 4.71. The van der Waals surface area contributed by atoms with Crippen LogP contribution < -0.4 is 10.1 Å². The molecule has 0 radical (unpaired) electrons. The molecular weight excluding hydrogens is 397 g/mol. The molecule has 0 unspecified atom stereocenters. The highest BCUT2D eigenvalue weighted by Gasteiger charge is 2.15. The predicted octanol–water partition coefficient (Wildman–Crippen LogP) is 4.09. The fourth-order valence-electron chi connectivity index (χ4n) is 3.19. The molecule has 0 bridgehead atoms. The monoisotopic (exact) mass is 421 g/mol. The minimum absolute atomic E-state index is 0.0447. The van der Waals surface area contributed by atoms with Crippen LogP contribution in [0.15, 0.2) is 84.9 Å². The number of ether oxygens (including phenoxy) is 2. The second-order valence-electron chi connectivity index (χ2n) is 6.89. The lowest BCUT2D eigenvalue weighted by Crippen LogP contribution is -2.31. The van der Waals surface area contributed by atoms with Gasteiger partial charge >= 0.3 is 5.97 Å². The number of nitrogens with one attached hydrogen (secondary N) is 1. The van der Waals surface area contributed by atoms with Gasteiger partial charge in [-0.15, -0.1) is 0 Å². The largest absolute Gasteiger partial charge is 0.479 e. The average molecular weight is 421 g/mol. The zero-order valence-corrected chi connectivity index (χ0v) is 17.0. The van der Waals surface area contributed by atoms with E-state index in [1.807, 2.05) is 36.4 Å². The normalized spacial score (nSPS) is 10.5. The van der Waals surface area contributed by atoms with Crippen LogP contribution >= 0.6 is 0 Å². The molecule has 0 spiro atoms. The summed E-state index contributed by atoms with van der Waals surface area (Å²) in [7, 11) is 0. The Labute approximate surface area is 180 Å². The van der Waals surface area contributed by atoms with Gasteiger partial charge in [-0.2, -0.15) is 0 Å². The second-order valence-corrected chi connectivity index (χ2v) is 6.89. The molecule has 0 atom stereocenters. The van der Waals surface area contributed by atoms with Crippen LogP contribution in [0.3, 0.4) is 0 Å². The number of carbonyl (C=O) groups excluding carboxylic acids is 2. The summed E-state index contributed by atoms with van der Waals surface area (Å²) >= 11 is 0. The molecule has 3 aromatic carbocycles. The van der Waals surface area contributed by atoms with Gasteiger partial charge in [-0.1, -0.05) is 72.8 Å². The van der Waals surface area contributed by atoms with Crippen molar-refractivity contribution in [1.82, 2.24) is 5.32 Å². The van der Waals surface area contributed by atoms with E-state index in [1.165, 1.54) is 29.3 Å². The number of esters is 1. The highest BCUT2D eigenvalue weighted by Crippen LogP contribution is 2.27. The van der Waals surface area contributed by atoms with E-state index < -0.39 is 30.9 Å². The van der Waals surface area contributed by atoms with E-state index in [0.717, 1.165) is 0 Å². The Hall–Kier alpha value is -3.67. The van der Waals surface area contributed by atoms with Gasteiger partial charge < -0.3 is 14.8 Å². The molecule has 0 aliphatic carbocycles. The smallest absolute Gasteiger partial charge is 0.344 e. The SMILES string of the molecule is O=C(COC(=O)COc1ccccc1F)NCCC(c1ccccc1)c1ccccc1. The van der Waals surface area contributed by atoms with E-state index in [-0.39, 0.29) is 11.7 Å². The molecule has 160 valence electrons. The summed E-state index contributed by atoms with van der Waals surface area (Å²) in [5, 5.41) is 2.77. The molecule has 1 amide bonds. The van der Waals surface area contributed by atoms with Gasteiger partial charge in [0.2, 0.25) is 0 Å². The molecule has 3 rings (SSSR count). The van der Waals surface area contributed by atoms with E-state index in [1.54, 1.807) is 6.07 Å². The van der Waals surface area contributed by atoms with Crippen molar-refractivity contribution in [2.45, 2.75) is 12.3 Å². The Morgan fingerprint density at radius 3 is 2.00 bits per heavy atom. The van der Waals surface area contributed by atoms with Gasteiger partial charge in [0, 0.05) is 12.5 Å². The first kappa shape index (κ1) is 22.0. The Bertz CT molecular complexity index is 940. The summed E-state index contributed by atoms with van der Waals surface area (Å²) < 4.78 is 23.4. The molecule has 0 saturated heterocycles. The molecule has 3 aromatic rings. The van der Waals surface area contributed by atoms with Crippen LogP contribution in [-0.4, -0.2) is 31.6 Å². The Morgan fingerprint density at radius 2 is 1.39 bits per heavy atom. The number of benzene rings is 3. The number of halogens is 1. The molecule has 0 aliphatic heterocycles. The van der Waals surface area contributed by atoms with Gasteiger partial charge in [0.1, 0.15) is 0 Å². The first-order valence-corrected chi connectivity index (χ1v) is 10.0. The molecule has 0 fully saturated rings.